The van der Waals surface area contributed by atoms with Gasteiger partial charge in [0.2, 0.25) is 5.91 Å². The van der Waals surface area contributed by atoms with Gasteiger partial charge in [0.1, 0.15) is 17.4 Å². The maximum absolute atomic E-state index is 13.9. The molecule has 7 atom stereocenters. The lowest BCUT2D eigenvalue weighted by Crippen LogP contribution is -2.58. The first-order chi connectivity index (χ1) is 20.9. The smallest absolute Gasteiger partial charge is 0.408 e. The zero-order chi connectivity index (χ0) is 31.6. The van der Waals surface area contributed by atoms with Gasteiger partial charge < -0.3 is 25.6 Å². The summed E-state index contributed by atoms with van der Waals surface area (Å²) < 4.78 is 5.51. The van der Waals surface area contributed by atoms with E-state index in [0.29, 0.717) is 36.6 Å². The number of fused-ring (bicyclic) bond motifs is 2. The molecule has 2 saturated carbocycles. The topological polar surface area (TPSA) is 168 Å². The van der Waals surface area contributed by atoms with Crippen LogP contribution in [0.15, 0.2) is 12.2 Å². The van der Waals surface area contributed by atoms with Crippen molar-refractivity contribution in [2.45, 2.75) is 138 Å². The number of alkyl halides is 1. The molecule has 0 aromatic heterocycles. The highest BCUT2D eigenvalue weighted by Gasteiger charge is 2.61. The predicted molar refractivity (Wildman–Crippen MR) is 167 cm³/mol. The Balaban J connectivity index is 1.36. The van der Waals surface area contributed by atoms with E-state index in [2.05, 4.69) is 42.9 Å². The average Bonchev–Trinajstić information content (AvgIpc) is 3.26. The standard InChI is InChI=1S/C30H50BrN7O6/c1-29(2,3)44-28(43)32-22-10-8-6-4-5-7-9-19-16-30(19,27(41)42)33-25(39)23-15-21(17-37(23)26(22)40)38-35-24(34-36-38)18-11-13-20(31)14-12-18/h7,9,18-24,26,34-36,40H,4-6,8,10-17H2,1-3H3,(H,32,43)(H,33,39)(H,41,42)/b9-7-/t18?,19-,20?,21+,22-,23+,24?,26-,30+/m1/s1. The third kappa shape index (κ3) is 7.94. The summed E-state index contributed by atoms with van der Waals surface area (Å²) in [6, 6.07) is -1.72. The monoisotopic (exact) mass is 683 g/mol. The van der Waals surface area contributed by atoms with E-state index in [9.17, 15) is 24.6 Å². The first-order valence-electron chi connectivity index (χ1n) is 16.2. The lowest BCUT2D eigenvalue weighted by molar-refractivity contribution is -0.145. The number of nitrogens with one attached hydrogen (secondary N) is 5. The number of hydrazine groups is 3. The summed E-state index contributed by atoms with van der Waals surface area (Å²) in [7, 11) is 0. The predicted octanol–water partition coefficient (Wildman–Crippen LogP) is 2.23. The van der Waals surface area contributed by atoms with Gasteiger partial charge in [0.25, 0.3) is 0 Å². The van der Waals surface area contributed by atoms with Crippen LogP contribution in [0.25, 0.3) is 0 Å². The van der Waals surface area contributed by atoms with Crippen LogP contribution in [0.5, 0.6) is 0 Å². The molecule has 4 fully saturated rings. The number of carboxylic acid groups (broad SMARTS) is 1. The van der Waals surface area contributed by atoms with Crippen molar-refractivity contribution in [3.63, 3.8) is 0 Å². The second-order valence-corrected chi connectivity index (χ2v) is 15.5. The summed E-state index contributed by atoms with van der Waals surface area (Å²) in [5, 5.41) is 29.5. The number of aliphatic hydroxyl groups excluding tert-OH is 1. The van der Waals surface area contributed by atoms with Crippen LogP contribution in [-0.2, 0) is 14.3 Å². The fraction of sp³-hybridized carbons (Fsp3) is 0.833. The molecule has 13 nitrogen and oxygen atoms in total. The Bertz CT molecular complexity index is 1080. The number of carboxylic acids is 1. The van der Waals surface area contributed by atoms with Crippen molar-refractivity contribution >= 4 is 33.9 Å². The summed E-state index contributed by atoms with van der Waals surface area (Å²) in [4.78, 5) is 41.4. The number of ether oxygens (including phenoxy) is 1. The minimum atomic E-state index is -1.35. The Morgan fingerprint density at radius 3 is 2.59 bits per heavy atom. The minimum Gasteiger partial charge on any atom is -0.479 e. The molecule has 2 amide bonds. The molecule has 0 bridgehead atoms. The summed E-state index contributed by atoms with van der Waals surface area (Å²) in [5.74, 6) is -1.31. The van der Waals surface area contributed by atoms with Gasteiger partial charge in [0.15, 0.2) is 0 Å². The van der Waals surface area contributed by atoms with Gasteiger partial charge in [-0.3, -0.25) is 9.69 Å². The summed E-state index contributed by atoms with van der Waals surface area (Å²) >= 11 is 3.73. The third-order valence-electron chi connectivity index (χ3n) is 9.68. The van der Waals surface area contributed by atoms with Crippen LogP contribution in [0.2, 0.25) is 0 Å². The molecule has 5 rings (SSSR count). The second-order valence-electron chi connectivity index (χ2n) is 14.2. The lowest BCUT2D eigenvalue weighted by Gasteiger charge is -2.35. The molecule has 0 aromatic carbocycles. The fourth-order valence-electron chi connectivity index (χ4n) is 7.08. The van der Waals surface area contributed by atoms with E-state index in [1.54, 1.807) is 25.7 Å². The second kappa shape index (κ2) is 13.9. The molecule has 1 unspecified atom stereocenters. The number of aliphatic hydroxyl groups is 1. The highest BCUT2D eigenvalue weighted by Crippen LogP contribution is 2.45. The number of alkyl carbamates (subject to hydrolysis) is 1. The van der Waals surface area contributed by atoms with Crippen molar-refractivity contribution in [3.05, 3.63) is 12.2 Å². The number of amides is 2. The third-order valence-corrected chi connectivity index (χ3v) is 10.6. The number of aliphatic carboxylic acids is 1. The zero-order valence-corrected chi connectivity index (χ0v) is 27.6. The Kier molecular flexibility index (Phi) is 10.6. The van der Waals surface area contributed by atoms with Crippen molar-refractivity contribution < 1.29 is 29.3 Å². The number of hydrogen-bond acceptors (Lipinski definition) is 10. The molecule has 2 saturated heterocycles. The number of halogens is 1. The molecule has 2 aliphatic carbocycles. The molecule has 0 aromatic rings. The minimum absolute atomic E-state index is 0.0302. The molecular weight excluding hydrogens is 634 g/mol. The van der Waals surface area contributed by atoms with Gasteiger partial charge in [-0.05, 0) is 84.5 Å². The highest BCUT2D eigenvalue weighted by atomic mass is 79.9. The van der Waals surface area contributed by atoms with Gasteiger partial charge in [-0.15, -0.1) is 0 Å². The van der Waals surface area contributed by atoms with Crippen molar-refractivity contribution in [1.29, 1.82) is 0 Å². The van der Waals surface area contributed by atoms with Crippen LogP contribution < -0.4 is 27.0 Å². The number of hydrogen-bond donors (Lipinski definition) is 7. The molecule has 7 N–H and O–H groups in total. The first-order valence-corrected chi connectivity index (χ1v) is 17.1. The van der Waals surface area contributed by atoms with E-state index in [4.69, 9.17) is 4.74 Å². The van der Waals surface area contributed by atoms with E-state index in [1.807, 2.05) is 17.3 Å². The van der Waals surface area contributed by atoms with Crippen molar-refractivity contribution in [1.82, 2.24) is 37.0 Å². The van der Waals surface area contributed by atoms with Gasteiger partial charge in [0, 0.05) is 17.3 Å². The molecule has 248 valence electrons. The van der Waals surface area contributed by atoms with Gasteiger partial charge in [0.05, 0.1) is 24.3 Å². The first kappa shape index (κ1) is 33.6. The number of rotatable bonds is 4. The summed E-state index contributed by atoms with van der Waals surface area (Å²) in [6.45, 7) is 5.66. The van der Waals surface area contributed by atoms with Crippen LogP contribution in [0.4, 0.5) is 4.79 Å². The van der Waals surface area contributed by atoms with Crippen LogP contribution in [0, 0.1) is 11.8 Å². The van der Waals surface area contributed by atoms with Gasteiger partial charge >= 0.3 is 12.1 Å². The van der Waals surface area contributed by atoms with E-state index in [1.165, 1.54) is 0 Å². The van der Waals surface area contributed by atoms with Gasteiger partial charge in [-0.25, -0.2) is 20.4 Å². The highest BCUT2D eigenvalue weighted by molar-refractivity contribution is 9.09. The molecule has 0 spiro atoms. The maximum atomic E-state index is 13.9. The summed E-state index contributed by atoms with van der Waals surface area (Å²) in [5.41, 5.74) is 8.06. The van der Waals surface area contributed by atoms with E-state index in [0.717, 1.165) is 51.4 Å². The average molecular weight is 685 g/mol. The molecule has 14 heteroatoms. The maximum Gasteiger partial charge on any atom is 0.408 e. The summed E-state index contributed by atoms with van der Waals surface area (Å²) in [6.07, 6.45) is 11.1. The SMILES string of the molecule is CC(C)(C)OC(=O)N[C@@H]1CCCCC/C=C\[C@@H]2C[C@]2(C(=O)O)NC(=O)[C@@H]2C[C@H](N3NNC(C4CCC(Br)CC4)N3)CN2[C@@H]1O. The van der Waals surface area contributed by atoms with E-state index < -0.39 is 47.4 Å². The number of nitrogens with zero attached hydrogens (tertiary/aromatic N) is 2. The number of carbonyl (C=O) groups excluding carboxylic acids is 2. The van der Waals surface area contributed by atoms with E-state index in [-0.39, 0.29) is 18.1 Å². The van der Waals surface area contributed by atoms with Crippen LogP contribution in [-0.4, -0.2) is 91.2 Å². The van der Waals surface area contributed by atoms with Gasteiger partial charge in [-0.2, -0.15) is 10.7 Å². The Morgan fingerprint density at radius 2 is 1.89 bits per heavy atom. The van der Waals surface area contributed by atoms with Gasteiger partial charge in [-0.1, -0.05) is 40.9 Å². The van der Waals surface area contributed by atoms with Crippen molar-refractivity contribution in [2.75, 3.05) is 6.54 Å². The molecule has 44 heavy (non-hydrogen) atoms. The number of carbonyl (C=O) groups is 3. The molecule has 0 radical (unpaired) electrons. The Labute approximate surface area is 268 Å². The van der Waals surface area contributed by atoms with Crippen LogP contribution in [0.1, 0.15) is 91.4 Å². The Hall–Kier alpha value is -1.81. The van der Waals surface area contributed by atoms with Crippen molar-refractivity contribution in [2.24, 2.45) is 11.8 Å². The molecule has 3 aliphatic heterocycles. The normalized spacial score (nSPS) is 40.1. The van der Waals surface area contributed by atoms with Crippen LogP contribution >= 0.6 is 15.9 Å². The van der Waals surface area contributed by atoms with Crippen LogP contribution in [0.3, 0.4) is 0 Å². The Morgan fingerprint density at radius 1 is 1.14 bits per heavy atom. The number of allylic oxidation sites excluding steroid dienone is 1. The largest absolute Gasteiger partial charge is 0.479 e. The van der Waals surface area contributed by atoms with E-state index >= 15 is 0 Å². The van der Waals surface area contributed by atoms with Crippen molar-refractivity contribution in [3.8, 4) is 0 Å². The quantitative estimate of drug-likeness (QED) is 0.172. The lowest BCUT2D eigenvalue weighted by atomic mass is 9.87. The molecule has 3 heterocycles. The molecule has 5 aliphatic rings. The zero-order valence-electron chi connectivity index (χ0n) is 26.1. The molecular formula is C30H50BrN7O6. The fourth-order valence-corrected chi connectivity index (χ4v) is 7.61.